The second kappa shape index (κ2) is 11.6. The Hall–Kier alpha value is -4.01. The van der Waals surface area contributed by atoms with E-state index in [1.165, 1.54) is 43.5 Å². The van der Waals surface area contributed by atoms with Crippen molar-refractivity contribution < 1.29 is 28.6 Å². The van der Waals surface area contributed by atoms with E-state index in [0.717, 1.165) is 21.8 Å². The average Bonchev–Trinajstić information content (AvgIpc) is 2.88. The van der Waals surface area contributed by atoms with Crippen LogP contribution in [0.1, 0.15) is 16.7 Å². The second-order valence-electron chi connectivity index (χ2n) is 8.43. The normalized spacial score (nSPS) is 14.5. The van der Waals surface area contributed by atoms with Gasteiger partial charge in [-0.15, -0.1) is 0 Å². The number of methoxy groups -OCH3 is 1. The van der Waals surface area contributed by atoms with Crippen molar-refractivity contribution in [2.45, 2.75) is 13.8 Å². The van der Waals surface area contributed by atoms with E-state index in [9.17, 15) is 14.4 Å². The van der Waals surface area contributed by atoms with Crippen LogP contribution in [-0.2, 0) is 9.59 Å². The number of imide groups is 2. The van der Waals surface area contributed by atoms with Crippen LogP contribution >= 0.6 is 23.2 Å². The van der Waals surface area contributed by atoms with E-state index < -0.39 is 17.8 Å². The minimum atomic E-state index is -0.859. The second-order valence-corrected chi connectivity index (χ2v) is 9.28. The molecule has 1 N–H and O–H groups in total. The molecule has 196 valence electrons. The average molecular weight is 555 g/mol. The lowest BCUT2D eigenvalue weighted by atomic mass is 10.1. The van der Waals surface area contributed by atoms with Gasteiger partial charge < -0.3 is 14.2 Å². The highest BCUT2D eigenvalue weighted by Gasteiger charge is 2.36. The van der Waals surface area contributed by atoms with Crippen molar-refractivity contribution in [1.29, 1.82) is 0 Å². The Kier molecular flexibility index (Phi) is 8.24. The summed E-state index contributed by atoms with van der Waals surface area (Å²) >= 11 is 12.4. The number of rotatable bonds is 8. The minimum absolute atomic E-state index is 0.197. The van der Waals surface area contributed by atoms with Gasteiger partial charge >= 0.3 is 6.03 Å². The molecule has 0 aromatic heterocycles. The maximum Gasteiger partial charge on any atom is 0.335 e. The Morgan fingerprint density at radius 1 is 0.895 bits per heavy atom. The van der Waals surface area contributed by atoms with Crippen LogP contribution in [0, 0.1) is 13.8 Å². The molecule has 1 heterocycles. The zero-order chi connectivity index (χ0) is 27.4. The van der Waals surface area contributed by atoms with Gasteiger partial charge in [-0.2, -0.15) is 0 Å². The first-order chi connectivity index (χ1) is 18.2. The maximum atomic E-state index is 13.1. The summed E-state index contributed by atoms with van der Waals surface area (Å²) in [4.78, 5) is 38.9. The molecule has 4 amide bonds. The van der Waals surface area contributed by atoms with E-state index in [1.54, 1.807) is 6.07 Å². The van der Waals surface area contributed by atoms with Crippen LogP contribution in [0.3, 0.4) is 0 Å². The summed E-state index contributed by atoms with van der Waals surface area (Å²) in [7, 11) is 1.45. The van der Waals surface area contributed by atoms with Gasteiger partial charge in [0.05, 0.1) is 17.8 Å². The van der Waals surface area contributed by atoms with Crippen molar-refractivity contribution in [3.05, 3.63) is 86.9 Å². The molecule has 8 nitrogen and oxygen atoms in total. The Balaban J connectivity index is 1.52. The van der Waals surface area contributed by atoms with Crippen LogP contribution in [0.5, 0.6) is 17.2 Å². The number of hydrogen-bond acceptors (Lipinski definition) is 6. The topological polar surface area (TPSA) is 94.2 Å². The predicted molar refractivity (Wildman–Crippen MR) is 145 cm³/mol. The maximum absolute atomic E-state index is 13.1. The molecule has 0 aliphatic carbocycles. The smallest absolute Gasteiger partial charge is 0.335 e. The lowest BCUT2D eigenvalue weighted by molar-refractivity contribution is -0.122. The SMILES string of the molecule is COc1cc(C=C2C(=O)NC(=O)N(c3ccc(Cl)cc3)C2=O)cc(Cl)c1OCCOc1cc(C)ccc1C. The number of carbonyl (C=O) groups is 3. The van der Waals surface area contributed by atoms with Crippen LogP contribution in [0.15, 0.2) is 60.2 Å². The Labute approximate surface area is 229 Å². The number of urea groups is 1. The fraction of sp³-hybridized carbons (Fsp3) is 0.179. The summed E-state index contributed by atoms with van der Waals surface area (Å²) in [5.41, 5.74) is 2.51. The van der Waals surface area contributed by atoms with Gasteiger partial charge in [-0.3, -0.25) is 14.9 Å². The van der Waals surface area contributed by atoms with Gasteiger partial charge in [0.15, 0.2) is 11.5 Å². The van der Waals surface area contributed by atoms with Crippen molar-refractivity contribution >= 4 is 52.8 Å². The molecule has 0 bridgehead atoms. The number of nitrogens with zero attached hydrogens (tertiary/aromatic N) is 1. The van der Waals surface area contributed by atoms with E-state index >= 15 is 0 Å². The molecule has 1 aliphatic heterocycles. The Bertz CT molecular complexity index is 1440. The van der Waals surface area contributed by atoms with E-state index in [-0.39, 0.29) is 29.5 Å². The van der Waals surface area contributed by atoms with Gasteiger partial charge in [0.1, 0.15) is 24.5 Å². The summed E-state index contributed by atoms with van der Waals surface area (Å²) in [6.07, 6.45) is 1.33. The molecule has 1 fully saturated rings. The van der Waals surface area contributed by atoms with Crippen LogP contribution in [0.2, 0.25) is 10.0 Å². The molecule has 0 radical (unpaired) electrons. The van der Waals surface area contributed by atoms with Gasteiger partial charge in [0, 0.05) is 5.02 Å². The quantitative estimate of drug-likeness (QED) is 0.216. The molecule has 1 saturated heterocycles. The zero-order valence-corrected chi connectivity index (χ0v) is 22.4. The molecule has 38 heavy (non-hydrogen) atoms. The lowest BCUT2D eigenvalue weighted by Gasteiger charge is -2.26. The fourth-order valence-electron chi connectivity index (χ4n) is 3.77. The van der Waals surface area contributed by atoms with Gasteiger partial charge in [-0.25, -0.2) is 9.69 Å². The number of benzene rings is 3. The summed E-state index contributed by atoms with van der Waals surface area (Å²) in [6, 6.07) is 14.3. The third kappa shape index (κ3) is 5.93. The van der Waals surface area contributed by atoms with Gasteiger partial charge in [-0.05, 0) is 79.1 Å². The third-order valence-electron chi connectivity index (χ3n) is 5.68. The number of amides is 4. The van der Waals surface area contributed by atoms with E-state index in [4.69, 9.17) is 37.4 Å². The highest BCUT2D eigenvalue weighted by atomic mass is 35.5. The predicted octanol–water partition coefficient (Wildman–Crippen LogP) is 5.74. The van der Waals surface area contributed by atoms with E-state index in [2.05, 4.69) is 5.32 Å². The van der Waals surface area contributed by atoms with Gasteiger partial charge in [-0.1, -0.05) is 35.3 Å². The number of ether oxygens (including phenoxy) is 3. The molecule has 1 aliphatic rings. The monoisotopic (exact) mass is 554 g/mol. The zero-order valence-electron chi connectivity index (χ0n) is 20.8. The first-order valence-corrected chi connectivity index (χ1v) is 12.3. The first kappa shape index (κ1) is 27.0. The number of hydrogen-bond donors (Lipinski definition) is 1. The molecule has 3 aromatic rings. The standard InChI is InChI=1S/C28H24Cl2N2O6/c1-16-4-5-17(2)23(12-16)37-10-11-38-25-22(30)14-18(15-24(25)36-3)13-21-26(33)31-28(35)32(27(21)34)20-8-6-19(29)7-9-20/h4-9,12-15H,10-11H2,1-3H3,(H,31,33,35). The highest BCUT2D eigenvalue weighted by molar-refractivity contribution is 6.39. The molecular weight excluding hydrogens is 531 g/mol. The van der Waals surface area contributed by atoms with E-state index in [0.29, 0.717) is 22.1 Å². The number of nitrogens with one attached hydrogen (secondary N) is 1. The van der Waals surface area contributed by atoms with Crippen LogP contribution in [0.4, 0.5) is 10.5 Å². The van der Waals surface area contributed by atoms with E-state index in [1.807, 2.05) is 32.0 Å². The molecule has 10 heteroatoms. The van der Waals surface area contributed by atoms with Gasteiger partial charge in [0.2, 0.25) is 0 Å². The van der Waals surface area contributed by atoms with Crippen LogP contribution in [-0.4, -0.2) is 38.2 Å². The summed E-state index contributed by atoms with van der Waals surface area (Å²) in [6.45, 7) is 4.42. The van der Waals surface area contributed by atoms with Crippen LogP contribution < -0.4 is 24.4 Å². The van der Waals surface area contributed by atoms with Crippen LogP contribution in [0.25, 0.3) is 6.08 Å². The Morgan fingerprint density at radius 2 is 1.61 bits per heavy atom. The molecule has 0 saturated carbocycles. The molecule has 0 atom stereocenters. The number of anilines is 1. The Morgan fingerprint density at radius 3 is 2.32 bits per heavy atom. The first-order valence-electron chi connectivity index (χ1n) is 11.6. The highest BCUT2D eigenvalue weighted by Crippen LogP contribution is 2.37. The molecule has 0 unspecified atom stereocenters. The third-order valence-corrected chi connectivity index (χ3v) is 6.21. The summed E-state index contributed by atoms with van der Waals surface area (Å²) < 4.78 is 17.1. The largest absolute Gasteiger partial charge is 0.493 e. The fourth-order valence-corrected chi connectivity index (χ4v) is 4.17. The van der Waals surface area contributed by atoms with Crippen molar-refractivity contribution in [3.8, 4) is 17.2 Å². The molecular formula is C28H24Cl2N2O6. The summed E-state index contributed by atoms with van der Waals surface area (Å²) in [5, 5.41) is 2.82. The number of barbiturate groups is 1. The molecule has 4 rings (SSSR count). The van der Waals surface area contributed by atoms with Gasteiger partial charge in [0.25, 0.3) is 11.8 Å². The lowest BCUT2D eigenvalue weighted by Crippen LogP contribution is -2.54. The van der Waals surface area contributed by atoms with Crippen molar-refractivity contribution in [1.82, 2.24) is 5.32 Å². The number of carbonyl (C=O) groups excluding carboxylic acids is 3. The number of aryl methyl sites for hydroxylation is 2. The molecule has 0 spiro atoms. The van der Waals surface area contributed by atoms with Crippen molar-refractivity contribution in [2.24, 2.45) is 0 Å². The van der Waals surface area contributed by atoms with Crippen molar-refractivity contribution in [2.75, 3.05) is 25.2 Å². The van der Waals surface area contributed by atoms with Crippen molar-refractivity contribution in [3.63, 3.8) is 0 Å². The minimum Gasteiger partial charge on any atom is -0.493 e. The summed E-state index contributed by atoms with van der Waals surface area (Å²) in [5.74, 6) is -0.261. The number of halogens is 2. The molecule has 3 aromatic carbocycles.